The molecule has 0 aliphatic rings. The second-order valence-corrected chi connectivity index (χ2v) is 3.49. The lowest BCUT2D eigenvalue weighted by atomic mass is 10.3. The van der Waals surface area contributed by atoms with E-state index in [9.17, 15) is 0 Å². The molecule has 0 aliphatic heterocycles. The summed E-state index contributed by atoms with van der Waals surface area (Å²) in [4.78, 5) is 4.25. The van der Waals surface area contributed by atoms with Gasteiger partial charge in [0, 0.05) is 24.6 Å². The Labute approximate surface area is 101 Å². The minimum atomic E-state index is 0.688. The maximum Gasteiger partial charge on any atom is 0.207 e. The first-order chi connectivity index (χ1) is 8.35. The molecule has 1 aromatic heterocycles. The molecule has 0 aliphatic carbocycles. The molecule has 0 spiro atoms. The molecule has 0 radical (unpaired) electrons. The van der Waals surface area contributed by atoms with Gasteiger partial charge in [-0.3, -0.25) is 4.57 Å². The van der Waals surface area contributed by atoms with Crippen LogP contribution in [0, 0.1) is 0 Å². The van der Waals surface area contributed by atoms with Gasteiger partial charge in [-0.05, 0) is 24.3 Å². The first-order valence-corrected chi connectivity index (χ1v) is 5.37. The highest BCUT2D eigenvalue weighted by atomic mass is 16.5. The third-order valence-corrected chi connectivity index (χ3v) is 2.40. The number of anilines is 1. The average Bonchev–Trinajstić information content (AvgIpc) is 2.84. The van der Waals surface area contributed by atoms with E-state index in [1.54, 1.807) is 19.4 Å². The van der Waals surface area contributed by atoms with E-state index in [2.05, 4.69) is 16.9 Å². The smallest absolute Gasteiger partial charge is 0.207 e. The molecule has 88 valence electrons. The lowest BCUT2D eigenvalue weighted by Gasteiger charge is -2.09. The Hall–Kier alpha value is -2.23. The van der Waals surface area contributed by atoms with Crippen molar-refractivity contribution in [3.05, 3.63) is 49.3 Å². The van der Waals surface area contributed by atoms with Crippen molar-refractivity contribution in [3.8, 4) is 11.4 Å². The van der Waals surface area contributed by atoms with Crippen molar-refractivity contribution in [1.29, 1.82) is 0 Å². The normalized spacial score (nSPS) is 9.94. The topological polar surface area (TPSA) is 39.1 Å². The van der Waals surface area contributed by atoms with E-state index >= 15 is 0 Å². The standard InChI is InChI=1S/C13H15N3O/c1-3-8-14-13-15-9-10-16(13)11-4-6-12(17-2)7-5-11/h3-7,9-10H,1,8H2,2H3,(H,14,15). The molecule has 4 nitrogen and oxygen atoms in total. The minimum absolute atomic E-state index is 0.688. The summed E-state index contributed by atoms with van der Waals surface area (Å²) < 4.78 is 7.10. The highest BCUT2D eigenvalue weighted by Gasteiger charge is 2.03. The van der Waals surface area contributed by atoms with Crippen molar-refractivity contribution in [2.24, 2.45) is 0 Å². The number of nitrogens with one attached hydrogen (secondary N) is 1. The Balaban J connectivity index is 2.25. The van der Waals surface area contributed by atoms with Crippen molar-refractivity contribution in [1.82, 2.24) is 9.55 Å². The molecule has 2 aromatic rings. The number of methoxy groups -OCH3 is 1. The molecule has 0 fully saturated rings. The van der Waals surface area contributed by atoms with Crippen molar-refractivity contribution in [2.45, 2.75) is 0 Å². The van der Waals surface area contributed by atoms with Crippen LogP contribution in [0.2, 0.25) is 0 Å². The predicted octanol–water partition coefficient (Wildman–Crippen LogP) is 2.48. The molecule has 0 saturated heterocycles. The van der Waals surface area contributed by atoms with Crippen molar-refractivity contribution in [2.75, 3.05) is 19.0 Å². The molecule has 0 atom stereocenters. The lowest BCUT2D eigenvalue weighted by Crippen LogP contribution is -2.05. The van der Waals surface area contributed by atoms with Crippen molar-refractivity contribution >= 4 is 5.95 Å². The molecular weight excluding hydrogens is 214 g/mol. The monoisotopic (exact) mass is 229 g/mol. The Morgan fingerprint density at radius 3 is 2.82 bits per heavy atom. The molecule has 0 bridgehead atoms. The van der Waals surface area contributed by atoms with Gasteiger partial charge >= 0.3 is 0 Å². The number of nitrogens with zero attached hydrogens (tertiary/aromatic N) is 2. The summed E-state index contributed by atoms with van der Waals surface area (Å²) in [7, 11) is 1.66. The van der Waals surface area contributed by atoms with Crippen LogP contribution in [-0.2, 0) is 0 Å². The van der Waals surface area contributed by atoms with Gasteiger partial charge in [0.15, 0.2) is 0 Å². The number of ether oxygens (including phenoxy) is 1. The minimum Gasteiger partial charge on any atom is -0.497 e. The van der Waals surface area contributed by atoms with Crippen LogP contribution < -0.4 is 10.1 Å². The Kier molecular flexibility index (Phi) is 3.45. The zero-order valence-electron chi connectivity index (χ0n) is 9.76. The first kappa shape index (κ1) is 11.3. The SMILES string of the molecule is C=CCNc1nccn1-c1ccc(OC)cc1. The van der Waals surface area contributed by atoms with Crippen LogP contribution in [0.5, 0.6) is 5.75 Å². The molecule has 0 unspecified atom stereocenters. The summed E-state index contributed by atoms with van der Waals surface area (Å²) >= 11 is 0. The summed E-state index contributed by atoms with van der Waals surface area (Å²) in [5.74, 6) is 1.64. The summed E-state index contributed by atoms with van der Waals surface area (Å²) in [6, 6.07) is 7.82. The van der Waals surface area contributed by atoms with Crippen molar-refractivity contribution < 1.29 is 4.74 Å². The van der Waals surface area contributed by atoms with Gasteiger partial charge in [-0.25, -0.2) is 4.98 Å². The van der Waals surface area contributed by atoms with Crippen LogP contribution in [0.1, 0.15) is 0 Å². The Morgan fingerprint density at radius 1 is 1.41 bits per heavy atom. The van der Waals surface area contributed by atoms with E-state index in [-0.39, 0.29) is 0 Å². The molecule has 1 N–H and O–H groups in total. The number of hydrogen-bond acceptors (Lipinski definition) is 3. The quantitative estimate of drug-likeness (QED) is 0.800. The van der Waals surface area contributed by atoms with Gasteiger partial charge in [-0.1, -0.05) is 6.08 Å². The van der Waals surface area contributed by atoms with Gasteiger partial charge < -0.3 is 10.1 Å². The average molecular weight is 229 g/mol. The summed E-state index contributed by atoms with van der Waals surface area (Å²) in [5, 5.41) is 3.17. The zero-order chi connectivity index (χ0) is 12.1. The number of hydrogen-bond donors (Lipinski definition) is 1. The predicted molar refractivity (Wildman–Crippen MR) is 68.8 cm³/mol. The van der Waals surface area contributed by atoms with E-state index < -0.39 is 0 Å². The van der Waals surface area contributed by atoms with Gasteiger partial charge in [0.25, 0.3) is 0 Å². The molecule has 2 rings (SSSR count). The van der Waals surface area contributed by atoms with E-state index in [1.165, 1.54) is 0 Å². The maximum atomic E-state index is 5.13. The van der Waals surface area contributed by atoms with Gasteiger partial charge in [-0.2, -0.15) is 0 Å². The first-order valence-electron chi connectivity index (χ1n) is 5.37. The van der Waals surface area contributed by atoms with Gasteiger partial charge in [-0.15, -0.1) is 6.58 Å². The Morgan fingerprint density at radius 2 is 2.18 bits per heavy atom. The van der Waals surface area contributed by atoms with E-state index in [1.807, 2.05) is 35.0 Å². The number of aromatic nitrogens is 2. The number of imidazole rings is 1. The van der Waals surface area contributed by atoms with Gasteiger partial charge in [0.2, 0.25) is 5.95 Å². The largest absolute Gasteiger partial charge is 0.497 e. The van der Waals surface area contributed by atoms with Crippen LogP contribution >= 0.6 is 0 Å². The van der Waals surface area contributed by atoms with Crippen LogP contribution in [-0.4, -0.2) is 23.2 Å². The van der Waals surface area contributed by atoms with Gasteiger partial charge in [0.1, 0.15) is 5.75 Å². The van der Waals surface area contributed by atoms with Crippen molar-refractivity contribution in [3.63, 3.8) is 0 Å². The molecule has 4 heteroatoms. The molecular formula is C13H15N3O. The maximum absolute atomic E-state index is 5.13. The molecule has 17 heavy (non-hydrogen) atoms. The Bertz CT molecular complexity index is 488. The number of rotatable bonds is 5. The summed E-state index contributed by atoms with van der Waals surface area (Å²) in [6.45, 7) is 4.36. The fourth-order valence-corrected chi connectivity index (χ4v) is 1.55. The molecule has 0 saturated carbocycles. The second kappa shape index (κ2) is 5.21. The van der Waals surface area contributed by atoms with Gasteiger partial charge in [0.05, 0.1) is 7.11 Å². The highest BCUT2D eigenvalue weighted by molar-refractivity contribution is 5.44. The fourth-order valence-electron chi connectivity index (χ4n) is 1.55. The van der Waals surface area contributed by atoms with Crippen LogP contribution in [0.25, 0.3) is 5.69 Å². The molecule has 0 amide bonds. The second-order valence-electron chi connectivity index (χ2n) is 3.49. The zero-order valence-corrected chi connectivity index (χ0v) is 9.76. The summed E-state index contributed by atoms with van der Waals surface area (Å²) in [6.07, 6.45) is 5.47. The van der Waals surface area contributed by atoms with Crippen LogP contribution in [0.3, 0.4) is 0 Å². The third kappa shape index (κ3) is 2.47. The third-order valence-electron chi connectivity index (χ3n) is 2.40. The van der Waals surface area contributed by atoms with Crippen LogP contribution in [0.4, 0.5) is 5.95 Å². The number of benzene rings is 1. The van der Waals surface area contributed by atoms with E-state index in [4.69, 9.17) is 4.74 Å². The summed E-state index contributed by atoms with van der Waals surface area (Å²) in [5.41, 5.74) is 1.04. The van der Waals surface area contributed by atoms with E-state index in [0.717, 1.165) is 17.4 Å². The molecule has 1 heterocycles. The molecule has 1 aromatic carbocycles. The van der Waals surface area contributed by atoms with Crippen LogP contribution in [0.15, 0.2) is 49.3 Å². The lowest BCUT2D eigenvalue weighted by molar-refractivity contribution is 0.415. The highest BCUT2D eigenvalue weighted by Crippen LogP contribution is 2.18. The fraction of sp³-hybridized carbons (Fsp3) is 0.154. The van der Waals surface area contributed by atoms with E-state index in [0.29, 0.717) is 6.54 Å².